The highest BCUT2D eigenvalue weighted by atomic mass is 79.9. The summed E-state index contributed by atoms with van der Waals surface area (Å²) in [6.07, 6.45) is 1.48. The Bertz CT molecular complexity index is 87.6. The molecule has 2 nitrogen and oxygen atoms in total. The van der Waals surface area contributed by atoms with Crippen molar-refractivity contribution in [1.29, 1.82) is 0 Å². The molecular weight excluding hydrogens is 196 g/mol. The van der Waals surface area contributed by atoms with Gasteiger partial charge in [-0.2, -0.15) is 0 Å². The third-order valence-corrected chi connectivity index (χ3v) is 2.58. The summed E-state index contributed by atoms with van der Waals surface area (Å²) >= 11 is 3.41. The molecule has 10 heavy (non-hydrogen) atoms. The van der Waals surface area contributed by atoms with E-state index >= 15 is 0 Å². The van der Waals surface area contributed by atoms with Crippen molar-refractivity contribution >= 4 is 15.9 Å². The van der Waals surface area contributed by atoms with Crippen LogP contribution in [-0.2, 0) is 9.47 Å². The van der Waals surface area contributed by atoms with Gasteiger partial charge in [-0.1, -0.05) is 15.9 Å². The van der Waals surface area contributed by atoms with Crippen LogP contribution in [0.25, 0.3) is 0 Å². The molecule has 1 rings (SSSR count). The first kappa shape index (κ1) is 8.50. The van der Waals surface area contributed by atoms with Crippen LogP contribution in [0.2, 0.25) is 0 Å². The largest absolute Gasteiger partial charge is 0.381 e. The Kier molecular flexibility index (Phi) is 3.66. The maximum Gasteiger partial charge on any atom is 0.0719 e. The van der Waals surface area contributed by atoms with Gasteiger partial charge in [0.2, 0.25) is 0 Å². The maximum atomic E-state index is 5.26. The van der Waals surface area contributed by atoms with Gasteiger partial charge < -0.3 is 9.47 Å². The van der Waals surface area contributed by atoms with Crippen LogP contribution in [0.3, 0.4) is 0 Å². The minimum Gasteiger partial charge on any atom is -0.381 e. The van der Waals surface area contributed by atoms with E-state index in [-0.39, 0.29) is 0 Å². The second kappa shape index (κ2) is 4.31. The number of halogens is 1. The van der Waals surface area contributed by atoms with Crippen LogP contribution in [-0.4, -0.2) is 31.8 Å². The molecule has 1 aliphatic rings. The van der Waals surface area contributed by atoms with E-state index < -0.39 is 0 Å². The van der Waals surface area contributed by atoms with Crippen molar-refractivity contribution in [2.24, 2.45) is 5.92 Å². The summed E-state index contributed by atoms with van der Waals surface area (Å²) in [5, 5.41) is 0.914. The highest BCUT2D eigenvalue weighted by Gasteiger charge is 2.24. The van der Waals surface area contributed by atoms with E-state index in [9.17, 15) is 0 Å². The van der Waals surface area contributed by atoms with E-state index in [0.29, 0.717) is 12.0 Å². The Hall–Kier alpha value is 0.400. The van der Waals surface area contributed by atoms with Crippen molar-refractivity contribution < 1.29 is 9.47 Å². The molecule has 1 aliphatic heterocycles. The van der Waals surface area contributed by atoms with E-state index in [4.69, 9.17) is 9.47 Å². The molecule has 0 saturated carbocycles. The quantitative estimate of drug-likeness (QED) is 0.654. The van der Waals surface area contributed by atoms with E-state index in [1.165, 1.54) is 0 Å². The molecule has 0 spiro atoms. The molecule has 0 aromatic carbocycles. The Balaban J connectivity index is 2.29. The number of alkyl halides is 1. The molecule has 2 unspecified atom stereocenters. The lowest BCUT2D eigenvalue weighted by molar-refractivity contribution is 0.0631. The molecule has 0 N–H and O–H groups in total. The van der Waals surface area contributed by atoms with Gasteiger partial charge in [0.1, 0.15) is 0 Å². The van der Waals surface area contributed by atoms with Gasteiger partial charge >= 0.3 is 0 Å². The normalized spacial score (nSPS) is 28.8. The minimum absolute atomic E-state index is 0.336. The molecule has 3 heteroatoms. The van der Waals surface area contributed by atoms with Gasteiger partial charge in [-0.15, -0.1) is 0 Å². The Morgan fingerprint density at radius 1 is 1.80 bits per heavy atom. The summed E-state index contributed by atoms with van der Waals surface area (Å²) in [5.41, 5.74) is 0. The lowest BCUT2D eigenvalue weighted by Crippen LogP contribution is -2.24. The van der Waals surface area contributed by atoms with Crippen molar-refractivity contribution in [3.8, 4) is 0 Å². The first-order valence-corrected chi connectivity index (χ1v) is 4.67. The van der Waals surface area contributed by atoms with Crippen molar-refractivity contribution in [1.82, 2.24) is 0 Å². The van der Waals surface area contributed by atoms with Crippen LogP contribution in [0.5, 0.6) is 0 Å². The van der Waals surface area contributed by atoms with E-state index in [0.717, 1.165) is 25.0 Å². The number of hydrogen-bond acceptors (Lipinski definition) is 2. The lowest BCUT2D eigenvalue weighted by atomic mass is 10.0. The molecule has 0 amide bonds. The summed E-state index contributed by atoms with van der Waals surface area (Å²) < 4.78 is 10.5. The van der Waals surface area contributed by atoms with Crippen LogP contribution in [0.4, 0.5) is 0 Å². The van der Waals surface area contributed by atoms with Gasteiger partial charge in [0, 0.05) is 25.0 Å². The fourth-order valence-electron chi connectivity index (χ4n) is 1.23. The average molecular weight is 209 g/mol. The van der Waals surface area contributed by atoms with Crippen LogP contribution in [0, 0.1) is 5.92 Å². The van der Waals surface area contributed by atoms with Gasteiger partial charge in [0.25, 0.3) is 0 Å². The summed E-state index contributed by atoms with van der Waals surface area (Å²) in [4.78, 5) is 0. The third-order valence-electron chi connectivity index (χ3n) is 1.95. The Labute approximate surface area is 70.0 Å². The van der Waals surface area contributed by atoms with Gasteiger partial charge in [-0.05, 0) is 6.42 Å². The van der Waals surface area contributed by atoms with Crippen molar-refractivity contribution in [2.75, 3.05) is 25.7 Å². The molecule has 1 heterocycles. The predicted molar refractivity (Wildman–Crippen MR) is 43.5 cm³/mol. The highest BCUT2D eigenvalue weighted by molar-refractivity contribution is 9.09. The lowest BCUT2D eigenvalue weighted by Gasteiger charge is -2.17. The summed E-state index contributed by atoms with van der Waals surface area (Å²) in [7, 11) is 1.75. The highest BCUT2D eigenvalue weighted by Crippen LogP contribution is 2.19. The number of ether oxygens (including phenoxy) is 2. The molecule has 0 aromatic rings. The van der Waals surface area contributed by atoms with Gasteiger partial charge in [-0.25, -0.2) is 0 Å². The van der Waals surface area contributed by atoms with Crippen molar-refractivity contribution in [3.63, 3.8) is 0 Å². The van der Waals surface area contributed by atoms with E-state index in [2.05, 4.69) is 15.9 Å². The van der Waals surface area contributed by atoms with Crippen LogP contribution in [0.1, 0.15) is 6.42 Å². The second-order valence-corrected chi connectivity index (χ2v) is 3.20. The Morgan fingerprint density at radius 3 is 3.00 bits per heavy atom. The Morgan fingerprint density at radius 2 is 2.60 bits per heavy atom. The summed E-state index contributed by atoms with van der Waals surface area (Å²) in [5.74, 6) is 0.601. The van der Waals surface area contributed by atoms with Crippen molar-refractivity contribution in [3.05, 3.63) is 0 Å². The van der Waals surface area contributed by atoms with E-state index in [1.807, 2.05) is 0 Å². The SMILES string of the molecule is COC(CBr)C1CCOC1. The summed E-state index contributed by atoms with van der Waals surface area (Å²) in [6, 6.07) is 0. The van der Waals surface area contributed by atoms with Crippen LogP contribution in [0.15, 0.2) is 0 Å². The molecule has 1 fully saturated rings. The molecule has 60 valence electrons. The zero-order valence-electron chi connectivity index (χ0n) is 6.18. The monoisotopic (exact) mass is 208 g/mol. The molecule has 0 aromatic heterocycles. The first-order chi connectivity index (χ1) is 4.88. The smallest absolute Gasteiger partial charge is 0.0719 e. The fourth-order valence-corrected chi connectivity index (χ4v) is 2.02. The maximum absolute atomic E-state index is 5.26. The average Bonchev–Trinajstić information content (AvgIpc) is 2.43. The van der Waals surface area contributed by atoms with E-state index in [1.54, 1.807) is 7.11 Å². The summed E-state index contributed by atoms with van der Waals surface area (Å²) in [6.45, 7) is 1.77. The first-order valence-electron chi connectivity index (χ1n) is 3.55. The van der Waals surface area contributed by atoms with Gasteiger partial charge in [0.05, 0.1) is 12.7 Å². The molecule has 0 bridgehead atoms. The van der Waals surface area contributed by atoms with Crippen molar-refractivity contribution in [2.45, 2.75) is 12.5 Å². The molecule has 1 saturated heterocycles. The minimum atomic E-state index is 0.336. The standard InChI is InChI=1S/C7H13BrO2/c1-9-7(4-8)6-2-3-10-5-6/h6-7H,2-5H2,1H3. The molecular formula is C7H13BrO2. The fraction of sp³-hybridized carbons (Fsp3) is 1.00. The topological polar surface area (TPSA) is 18.5 Å². The van der Waals surface area contributed by atoms with Crippen LogP contribution >= 0.6 is 15.9 Å². The number of rotatable bonds is 3. The zero-order chi connectivity index (χ0) is 7.40. The van der Waals surface area contributed by atoms with Gasteiger partial charge in [-0.3, -0.25) is 0 Å². The molecule has 0 radical (unpaired) electrons. The zero-order valence-corrected chi connectivity index (χ0v) is 7.76. The van der Waals surface area contributed by atoms with Crippen LogP contribution < -0.4 is 0 Å². The number of hydrogen-bond donors (Lipinski definition) is 0. The molecule has 2 atom stereocenters. The second-order valence-electron chi connectivity index (χ2n) is 2.55. The molecule has 0 aliphatic carbocycles. The van der Waals surface area contributed by atoms with Gasteiger partial charge in [0.15, 0.2) is 0 Å². The predicted octanol–water partition coefficient (Wildman–Crippen LogP) is 1.43. The number of methoxy groups -OCH3 is 1. The third kappa shape index (κ3) is 1.94.